The van der Waals surface area contributed by atoms with Crippen molar-refractivity contribution in [1.29, 1.82) is 0 Å². The molecule has 0 spiro atoms. The number of aromatic nitrogens is 2. The number of aromatic amines is 1. The third-order valence-electron chi connectivity index (χ3n) is 3.68. The summed E-state index contributed by atoms with van der Waals surface area (Å²) in [6.07, 6.45) is 0. The Morgan fingerprint density at radius 2 is 1.75 bits per heavy atom. The average Bonchev–Trinajstić information content (AvgIpc) is 2.89. The number of carbonyl (C=O) groups is 1. The lowest BCUT2D eigenvalue weighted by molar-refractivity contribution is -0.0544. The highest BCUT2D eigenvalue weighted by molar-refractivity contribution is 8.93. The predicted octanol–water partition coefficient (Wildman–Crippen LogP) is 5.36. The summed E-state index contributed by atoms with van der Waals surface area (Å²) in [7, 11) is 0. The van der Waals surface area contributed by atoms with E-state index in [4.69, 9.17) is 12.2 Å². The minimum atomic E-state index is -3.24. The van der Waals surface area contributed by atoms with Crippen LogP contribution in [0.5, 0.6) is 11.5 Å². The van der Waals surface area contributed by atoms with Gasteiger partial charge in [0.05, 0.1) is 23.1 Å². The molecule has 2 aromatic carbocycles. The van der Waals surface area contributed by atoms with Crippen LogP contribution in [0.25, 0.3) is 11.0 Å². The molecule has 1 N–H and O–H groups in total. The molecule has 150 valence electrons. The van der Waals surface area contributed by atoms with Gasteiger partial charge in [-0.3, -0.25) is 4.79 Å². The first-order valence-electron chi connectivity index (χ1n) is 7.59. The molecule has 3 rings (SSSR count). The molecule has 11 heteroatoms. The van der Waals surface area contributed by atoms with Crippen molar-refractivity contribution in [3.63, 3.8) is 0 Å². The van der Waals surface area contributed by atoms with E-state index in [1.807, 2.05) is 0 Å². The molecule has 0 saturated heterocycles. The number of nitrogens with one attached hydrogen (secondary N) is 1. The standard InChI is InChI=1S/C17H12F4N2O3S.BrH/c18-15(19)25-9-5-6-10(14(7-9)26-16(20)21)13(24)8-23-12-4-2-1-3-11(12)22-17(23)27;/h1-7,15-16H,8H2,(H,22,27);1H. The molecule has 0 fully saturated rings. The third kappa shape index (κ3) is 4.90. The number of benzene rings is 2. The summed E-state index contributed by atoms with van der Waals surface area (Å²) < 4.78 is 60.2. The molecule has 1 heterocycles. The molecule has 3 aromatic rings. The summed E-state index contributed by atoms with van der Waals surface area (Å²) in [5, 5.41) is 0. The first-order valence-corrected chi connectivity index (χ1v) is 8.00. The largest absolute Gasteiger partial charge is 0.435 e. The van der Waals surface area contributed by atoms with Crippen molar-refractivity contribution in [1.82, 2.24) is 9.55 Å². The van der Waals surface area contributed by atoms with Crippen molar-refractivity contribution in [2.24, 2.45) is 0 Å². The lowest BCUT2D eigenvalue weighted by atomic mass is 10.1. The van der Waals surface area contributed by atoms with Gasteiger partial charge in [-0.05, 0) is 36.5 Å². The quantitative estimate of drug-likeness (QED) is 0.281. The zero-order valence-electron chi connectivity index (χ0n) is 13.9. The molecule has 0 unspecified atom stereocenters. The van der Waals surface area contributed by atoms with Crippen LogP contribution in [0, 0.1) is 4.77 Å². The number of rotatable bonds is 7. The molecule has 0 atom stereocenters. The second-order valence-electron chi connectivity index (χ2n) is 5.37. The first-order chi connectivity index (χ1) is 12.8. The summed E-state index contributed by atoms with van der Waals surface area (Å²) in [4.78, 5) is 15.6. The zero-order chi connectivity index (χ0) is 19.6. The van der Waals surface area contributed by atoms with Crippen LogP contribution in [-0.4, -0.2) is 28.6 Å². The Hall–Kier alpha value is -2.40. The van der Waals surface area contributed by atoms with E-state index in [-0.39, 0.29) is 33.9 Å². The number of halogens is 5. The lowest BCUT2D eigenvalue weighted by Gasteiger charge is -2.13. The van der Waals surface area contributed by atoms with E-state index in [0.29, 0.717) is 11.0 Å². The lowest BCUT2D eigenvalue weighted by Crippen LogP contribution is -2.14. The van der Waals surface area contributed by atoms with E-state index in [1.165, 1.54) is 4.57 Å². The van der Waals surface area contributed by atoms with Crippen LogP contribution in [0.4, 0.5) is 17.6 Å². The summed E-state index contributed by atoms with van der Waals surface area (Å²) in [6, 6.07) is 10.0. The molecule has 0 aliphatic carbocycles. The molecular weight excluding hydrogens is 468 g/mol. The van der Waals surface area contributed by atoms with E-state index in [1.54, 1.807) is 24.3 Å². The first kappa shape index (κ1) is 21.9. The summed E-state index contributed by atoms with van der Waals surface area (Å²) in [5.41, 5.74) is 1.16. The number of ether oxygens (including phenoxy) is 2. The van der Waals surface area contributed by atoms with Gasteiger partial charge in [0.2, 0.25) is 0 Å². The van der Waals surface area contributed by atoms with E-state index in [0.717, 1.165) is 18.2 Å². The van der Waals surface area contributed by atoms with Crippen LogP contribution in [0.1, 0.15) is 10.4 Å². The van der Waals surface area contributed by atoms with Crippen LogP contribution in [0.3, 0.4) is 0 Å². The van der Waals surface area contributed by atoms with Gasteiger partial charge in [0.15, 0.2) is 10.6 Å². The fourth-order valence-corrected chi connectivity index (χ4v) is 2.87. The van der Waals surface area contributed by atoms with Gasteiger partial charge in [0, 0.05) is 6.07 Å². The smallest absolute Gasteiger partial charge is 0.387 e. The van der Waals surface area contributed by atoms with Gasteiger partial charge < -0.3 is 19.0 Å². The number of hydrogen-bond donors (Lipinski definition) is 1. The molecule has 1 aromatic heterocycles. The maximum atomic E-state index is 12.7. The molecule has 0 radical (unpaired) electrons. The van der Waals surface area contributed by atoms with Gasteiger partial charge >= 0.3 is 13.2 Å². The predicted molar refractivity (Wildman–Crippen MR) is 101 cm³/mol. The highest BCUT2D eigenvalue weighted by Crippen LogP contribution is 2.28. The van der Waals surface area contributed by atoms with Crippen molar-refractivity contribution in [2.75, 3.05) is 0 Å². The van der Waals surface area contributed by atoms with Gasteiger partial charge in [-0.2, -0.15) is 17.6 Å². The van der Waals surface area contributed by atoms with Crippen LogP contribution in [0.2, 0.25) is 0 Å². The van der Waals surface area contributed by atoms with E-state index in [9.17, 15) is 22.4 Å². The van der Waals surface area contributed by atoms with Crippen molar-refractivity contribution < 1.29 is 31.8 Å². The van der Waals surface area contributed by atoms with Gasteiger partial charge in [0.25, 0.3) is 0 Å². The maximum Gasteiger partial charge on any atom is 0.387 e. The van der Waals surface area contributed by atoms with Gasteiger partial charge in [0.1, 0.15) is 11.5 Å². The fourth-order valence-electron chi connectivity index (χ4n) is 2.60. The highest BCUT2D eigenvalue weighted by Gasteiger charge is 2.19. The Morgan fingerprint density at radius 3 is 2.43 bits per heavy atom. The summed E-state index contributed by atoms with van der Waals surface area (Å²) in [5.74, 6) is -1.55. The number of alkyl halides is 4. The van der Waals surface area contributed by atoms with Crippen molar-refractivity contribution >= 4 is 46.0 Å². The third-order valence-corrected chi connectivity index (χ3v) is 4.00. The van der Waals surface area contributed by atoms with Gasteiger partial charge in [-0.25, -0.2) is 0 Å². The molecule has 0 aliphatic heterocycles. The molecule has 28 heavy (non-hydrogen) atoms. The number of nitrogens with zero attached hydrogens (tertiary/aromatic N) is 1. The number of imidazole rings is 1. The molecule has 0 saturated carbocycles. The number of Topliss-reactive ketones (excluding diaryl/α,β-unsaturated/α-hetero) is 1. The monoisotopic (exact) mass is 480 g/mol. The number of para-hydroxylation sites is 2. The number of ketones is 1. The number of carbonyl (C=O) groups excluding carboxylic acids is 1. The molecule has 5 nitrogen and oxygen atoms in total. The van der Waals surface area contributed by atoms with Crippen LogP contribution in [-0.2, 0) is 6.54 Å². The Morgan fingerprint density at radius 1 is 1.07 bits per heavy atom. The summed E-state index contributed by atoms with van der Waals surface area (Å²) in [6.45, 7) is -6.64. The van der Waals surface area contributed by atoms with Gasteiger partial charge in [-0.1, -0.05) is 12.1 Å². The Labute approximate surface area is 171 Å². The van der Waals surface area contributed by atoms with Crippen LogP contribution in [0.15, 0.2) is 42.5 Å². The topological polar surface area (TPSA) is 56.2 Å². The van der Waals surface area contributed by atoms with Crippen molar-refractivity contribution in [3.8, 4) is 11.5 Å². The zero-order valence-corrected chi connectivity index (χ0v) is 16.4. The van der Waals surface area contributed by atoms with Gasteiger partial charge in [-0.15, -0.1) is 17.0 Å². The SMILES string of the molecule is Br.O=C(Cn1c(=S)[nH]c2ccccc21)c1ccc(OC(F)F)cc1OC(F)F. The highest BCUT2D eigenvalue weighted by atomic mass is 79.9. The minimum Gasteiger partial charge on any atom is -0.435 e. The Bertz CT molecular complexity index is 1040. The molecule has 0 aliphatic rings. The Balaban J connectivity index is 0.00000280. The van der Waals surface area contributed by atoms with Crippen LogP contribution < -0.4 is 9.47 Å². The fraction of sp³-hybridized carbons (Fsp3) is 0.176. The number of fused-ring (bicyclic) bond motifs is 1. The second-order valence-corrected chi connectivity index (χ2v) is 5.76. The van der Waals surface area contributed by atoms with E-state index >= 15 is 0 Å². The maximum absolute atomic E-state index is 12.7. The summed E-state index contributed by atoms with van der Waals surface area (Å²) >= 11 is 5.19. The number of hydrogen-bond acceptors (Lipinski definition) is 4. The van der Waals surface area contributed by atoms with Crippen molar-refractivity contribution in [3.05, 3.63) is 52.8 Å². The number of H-pyrrole nitrogens is 1. The Kier molecular flexibility index (Phi) is 7.19. The van der Waals surface area contributed by atoms with E-state index < -0.39 is 30.5 Å². The molecule has 0 bridgehead atoms. The van der Waals surface area contributed by atoms with E-state index in [2.05, 4.69) is 14.5 Å². The van der Waals surface area contributed by atoms with Crippen molar-refractivity contribution in [2.45, 2.75) is 19.8 Å². The average molecular weight is 481 g/mol. The second kappa shape index (κ2) is 9.20. The normalized spacial score (nSPS) is 10.9. The molecular formula is C17H13BrF4N2O3S. The van der Waals surface area contributed by atoms with Crippen LogP contribution >= 0.6 is 29.2 Å². The minimum absolute atomic E-state index is 0. The molecule has 0 amide bonds.